The predicted molar refractivity (Wildman–Crippen MR) is 362 cm³/mol. The van der Waals surface area contributed by atoms with Crippen LogP contribution < -0.4 is 104 Å². The normalized spacial score (nSPS) is 24.2. The van der Waals surface area contributed by atoms with E-state index >= 15 is 0 Å². The number of carbonyl (C=O) groups excluding carboxylic acids is 12. The van der Waals surface area contributed by atoms with Crippen molar-refractivity contribution < 1.29 is 87.5 Å². The number of aliphatic hydroxyl groups excluding tert-OH is 2. The van der Waals surface area contributed by atoms with E-state index in [-0.39, 0.29) is 100 Å². The molecule has 1 aromatic carbocycles. The Morgan fingerprint density at radius 2 is 0.939 bits per heavy atom. The molecule has 0 radical (unpaired) electrons. The zero-order valence-corrected chi connectivity index (χ0v) is 56.5. The van der Waals surface area contributed by atoms with E-state index in [4.69, 9.17) is 45.9 Å². The summed E-state index contributed by atoms with van der Waals surface area (Å²) in [7, 11) is 1.70. The van der Waals surface area contributed by atoms with Crippen molar-refractivity contribution in [2.24, 2.45) is 66.8 Å². The van der Waals surface area contributed by atoms with Crippen molar-refractivity contribution in [1.29, 1.82) is 0 Å². The quantitative estimate of drug-likeness (QED) is 0.0198. The molecule has 0 aliphatic carbocycles. The molecule has 1 heterocycles. The second-order valence-corrected chi connectivity index (χ2v) is 25.6. The number of guanidine groups is 3. The number of aliphatic hydroxyl groups is 2. The Bertz CT molecular complexity index is 3030. The number of rotatable bonds is 24. The molecule has 99 heavy (non-hydrogen) atoms. The lowest BCUT2D eigenvalue weighted by molar-refractivity contribution is -0.142. The molecule has 12 atom stereocenters. The monoisotopic (exact) mass is 1440 g/mol. The number of carbonyl (C=O) groups is 14. The Kier molecular flexibility index (Phi) is 38.7. The lowest BCUT2D eigenvalue weighted by Gasteiger charge is -2.28. The Morgan fingerprint density at radius 1 is 0.515 bits per heavy atom. The van der Waals surface area contributed by atoms with Crippen molar-refractivity contribution in [2.75, 3.05) is 44.3 Å². The van der Waals surface area contributed by atoms with Gasteiger partial charge < -0.3 is 125 Å². The van der Waals surface area contributed by atoms with Crippen LogP contribution in [0.1, 0.15) is 90.5 Å². The summed E-state index contributed by atoms with van der Waals surface area (Å²) in [6.45, 7) is 1.98. The molecule has 0 saturated carbocycles. The van der Waals surface area contributed by atoms with Crippen LogP contribution in [0.3, 0.4) is 0 Å². The van der Waals surface area contributed by atoms with Gasteiger partial charge in [0.1, 0.15) is 60.4 Å². The summed E-state index contributed by atoms with van der Waals surface area (Å²) in [6, 6.07) is -10.8. The summed E-state index contributed by atoms with van der Waals surface area (Å²) in [5, 5.41) is 67.6. The zero-order chi connectivity index (χ0) is 74.5. The summed E-state index contributed by atoms with van der Waals surface area (Å²) in [4.78, 5) is 203. The van der Waals surface area contributed by atoms with Crippen LogP contribution in [0.25, 0.3) is 0 Å². The number of nitrogens with two attached hydrogens (primary N) is 8. The van der Waals surface area contributed by atoms with Crippen molar-refractivity contribution in [3.63, 3.8) is 0 Å². The lowest BCUT2D eigenvalue weighted by Crippen LogP contribution is -2.62. The Morgan fingerprint density at radius 3 is 1.44 bits per heavy atom. The number of nitrogens with one attached hydrogen (secondary N) is 11. The highest BCUT2D eigenvalue weighted by atomic mass is 33.1. The van der Waals surface area contributed by atoms with E-state index in [9.17, 15) is 87.5 Å². The molecule has 1 aliphatic heterocycles. The minimum atomic E-state index is -2.01. The number of nitrogens with zero attached hydrogens (tertiary/aromatic N) is 3. The van der Waals surface area contributed by atoms with Crippen molar-refractivity contribution >= 4 is 122 Å². The first kappa shape index (κ1) is 85.3. The fraction of sp³-hybridized carbons (Fsp3) is 0.596. The molecule has 1 unspecified atom stereocenters. The molecule has 1 aliphatic rings. The Hall–Kier alpha value is -9.81. The largest absolute Gasteiger partial charge is 0.481 e. The van der Waals surface area contributed by atoms with Crippen molar-refractivity contribution in [3.8, 4) is 0 Å². The van der Waals surface area contributed by atoms with E-state index in [0.717, 1.165) is 28.5 Å². The van der Waals surface area contributed by atoms with E-state index < -0.39 is 194 Å². The minimum absolute atomic E-state index is 0.00850. The standard InChI is InChI=1S/C57H94N22O18S2/c1-27(2)20-35-49(91)77-38(24-80)52(94)79-43(28(3)81)53(95)73-33(14-9-19-68-57(64)65)47(89)72-31(12-7-17-66-55(60)61)45(87)69-23-41(83)70-32(13-8-18-67-56(62)63)46(88)78-39(54(96)97)26-99-98-25-30(58)44(86)71-34(15-16-40(59)82)48(90)75-36(21-29-10-5-4-6-11-29)50(92)76-37(22-42(84)85)51(93)74-35/h4-6,10-11,27-28,30-39,43,80-81H,7-9,12-26,58H2,1-3H3,(H2,59,82)(H,69,87)(H,70,83)(H,71,86)(H,72,89)(H,73,95)(H,74,93)(H,75,90)(H,76,92)(H,77,91)(H,78,88)(H,79,94)(H,84,85)(H,96,97)(H4,60,61,66)(H4,62,63,67)(H4,64,65,68)/t28-,30+,31+,32+,33+,34+,35+,36+,37+,38+,39?,43+/m1/s1. The van der Waals surface area contributed by atoms with Crippen molar-refractivity contribution in [1.82, 2.24) is 58.5 Å². The maximum Gasteiger partial charge on any atom is 0.327 e. The maximum absolute atomic E-state index is 14.4. The Labute approximate surface area is 577 Å². The topological polar surface area (TPSA) is 697 Å². The molecule has 31 N–H and O–H groups in total. The molecular formula is C57H94N22O18S2. The van der Waals surface area contributed by atoms with Gasteiger partial charge in [0.15, 0.2) is 17.9 Å². The highest BCUT2D eigenvalue weighted by molar-refractivity contribution is 8.76. The molecule has 2 rings (SSSR count). The number of carboxylic acid groups (broad SMARTS) is 2. The second-order valence-electron chi connectivity index (χ2n) is 23.0. The lowest BCUT2D eigenvalue weighted by atomic mass is 10.0. The van der Waals surface area contributed by atoms with Crippen LogP contribution in [-0.4, -0.2) is 238 Å². The number of primary amides is 1. The number of aliphatic imine (C=N–C) groups is 3. The van der Waals surface area contributed by atoms with Gasteiger partial charge >= 0.3 is 11.9 Å². The molecule has 1 saturated heterocycles. The summed E-state index contributed by atoms with van der Waals surface area (Å²) in [5.41, 5.74) is 44.9. The van der Waals surface area contributed by atoms with Gasteiger partial charge in [0, 0.05) is 44.0 Å². The van der Waals surface area contributed by atoms with Gasteiger partial charge in [0.25, 0.3) is 0 Å². The van der Waals surface area contributed by atoms with Crippen molar-refractivity contribution in [3.05, 3.63) is 35.9 Å². The molecule has 552 valence electrons. The SMILES string of the molecule is CC(C)C[C@@H]1NC(=O)[C@H](CC(=O)O)NC(=O)[C@H](Cc2ccccc2)NC(=O)[C@H](CCC(N)=O)NC(=O)[C@@H](N)CSSCC(C(=O)O)NC(=O)[C@H](CCCN=C(N)N)NC(=O)CNC(=O)[C@H](CCCN=C(N)N)NC(=O)[C@H](CCCN=C(N)N)NC(=O)[C@H]([C@@H](C)O)NC(=O)[C@H](CO)NC1=O. The smallest absolute Gasteiger partial charge is 0.327 e. The summed E-state index contributed by atoms with van der Waals surface area (Å²) < 4.78 is 0. The second kappa shape index (κ2) is 44.9. The molecule has 12 amide bonds. The molecule has 1 aromatic rings. The molecule has 0 spiro atoms. The van der Waals surface area contributed by atoms with Crippen LogP contribution in [0, 0.1) is 5.92 Å². The van der Waals surface area contributed by atoms with E-state index in [2.05, 4.69) is 73.5 Å². The van der Waals surface area contributed by atoms with Crippen LogP contribution in [0.4, 0.5) is 0 Å². The number of carboxylic acids is 2. The molecule has 40 nitrogen and oxygen atoms in total. The van der Waals surface area contributed by atoms with Gasteiger partial charge in [-0.1, -0.05) is 65.8 Å². The highest BCUT2D eigenvalue weighted by Gasteiger charge is 2.38. The molecule has 1 fully saturated rings. The van der Waals surface area contributed by atoms with Gasteiger partial charge in [-0.25, -0.2) is 4.79 Å². The minimum Gasteiger partial charge on any atom is -0.481 e. The molecule has 0 bridgehead atoms. The zero-order valence-electron chi connectivity index (χ0n) is 54.9. The molecular weight excluding hydrogens is 1340 g/mol. The highest BCUT2D eigenvalue weighted by Crippen LogP contribution is 2.23. The Balaban J connectivity index is 2.83. The maximum atomic E-state index is 14.4. The molecule has 0 aromatic heterocycles. The third-order valence-electron chi connectivity index (χ3n) is 14.2. The first-order valence-electron chi connectivity index (χ1n) is 31.1. The summed E-state index contributed by atoms with van der Waals surface area (Å²) in [5.74, 6) is -18.5. The number of hydrogen-bond donors (Lipinski definition) is 23. The fourth-order valence-electron chi connectivity index (χ4n) is 9.07. The van der Waals surface area contributed by atoms with Crippen LogP contribution >= 0.6 is 21.6 Å². The fourth-order valence-corrected chi connectivity index (χ4v) is 11.3. The van der Waals surface area contributed by atoms with Gasteiger partial charge in [-0.05, 0) is 69.8 Å². The van der Waals surface area contributed by atoms with E-state index in [0.29, 0.717) is 5.56 Å². The van der Waals surface area contributed by atoms with Crippen LogP contribution in [0.2, 0.25) is 0 Å². The number of benzene rings is 1. The number of amides is 12. The van der Waals surface area contributed by atoms with E-state index in [1.165, 1.54) is 0 Å². The van der Waals surface area contributed by atoms with Crippen LogP contribution in [-0.2, 0) is 73.5 Å². The van der Waals surface area contributed by atoms with E-state index in [1.54, 1.807) is 44.2 Å². The van der Waals surface area contributed by atoms with Gasteiger partial charge in [-0.3, -0.25) is 77.3 Å². The van der Waals surface area contributed by atoms with Gasteiger partial charge in [-0.2, -0.15) is 0 Å². The van der Waals surface area contributed by atoms with Gasteiger partial charge in [0.2, 0.25) is 70.9 Å². The average molecular weight is 1440 g/mol. The van der Waals surface area contributed by atoms with Crippen LogP contribution in [0.5, 0.6) is 0 Å². The average Bonchev–Trinajstić information content (AvgIpc) is 0.866. The summed E-state index contributed by atoms with van der Waals surface area (Å²) >= 11 is 0. The summed E-state index contributed by atoms with van der Waals surface area (Å²) in [6.07, 6.45) is -5.18. The first-order chi connectivity index (χ1) is 46.6. The molecule has 42 heteroatoms. The number of aliphatic carboxylic acids is 2. The third-order valence-corrected chi connectivity index (χ3v) is 16.6. The van der Waals surface area contributed by atoms with E-state index in [1.807, 2.05) is 0 Å². The van der Waals surface area contributed by atoms with Crippen molar-refractivity contribution in [2.45, 2.75) is 164 Å². The third kappa shape index (κ3) is 34.3. The van der Waals surface area contributed by atoms with Crippen LogP contribution in [0.15, 0.2) is 45.3 Å². The van der Waals surface area contributed by atoms with Gasteiger partial charge in [0.05, 0.1) is 31.7 Å². The number of hydrogen-bond acceptors (Lipinski definition) is 22. The first-order valence-corrected chi connectivity index (χ1v) is 33.6. The van der Waals surface area contributed by atoms with Gasteiger partial charge in [-0.15, -0.1) is 0 Å². The predicted octanol–water partition coefficient (Wildman–Crippen LogP) is -9.68.